The van der Waals surface area contributed by atoms with Gasteiger partial charge in [-0.15, -0.1) is 0 Å². The topological polar surface area (TPSA) is 93.1 Å². The van der Waals surface area contributed by atoms with Gasteiger partial charge in [-0.25, -0.2) is 13.4 Å². The minimum absolute atomic E-state index is 0.124. The van der Waals surface area contributed by atoms with Crippen molar-refractivity contribution in [2.45, 2.75) is 18.7 Å². The van der Waals surface area contributed by atoms with Gasteiger partial charge in [0.25, 0.3) is 11.7 Å². The summed E-state index contributed by atoms with van der Waals surface area (Å²) in [5, 5.41) is 2.92. The van der Waals surface area contributed by atoms with Gasteiger partial charge in [0.2, 0.25) is 10.0 Å². The standard InChI is InChI=1S/C20H26N4O4S/c1-15-4-5-16(2)18(12-15)22-20(25)14-23(3)19-7-6-17(13-21-19)29(26,27)24-8-10-28-11-9-24/h4-7,12-13H,8-11,14H2,1-3H3,(H,22,25)/p+1. The summed E-state index contributed by atoms with van der Waals surface area (Å²) in [5.74, 6) is 0.488. The largest absolute Gasteiger partial charge is 0.379 e. The molecule has 3 rings (SSSR count). The smallest absolute Gasteiger partial charge is 0.274 e. The number of aryl methyl sites for hydroxylation is 2. The molecule has 1 aliphatic rings. The molecule has 0 atom stereocenters. The van der Waals surface area contributed by atoms with E-state index in [1.807, 2.05) is 32.0 Å². The van der Waals surface area contributed by atoms with Gasteiger partial charge in [-0.1, -0.05) is 12.1 Å². The monoisotopic (exact) mass is 419 g/mol. The summed E-state index contributed by atoms with van der Waals surface area (Å²) >= 11 is 0. The number of carbonyl (C=O) groups is 1. The zero-order valence-electron chi connectivity index (χ0n) is 16.9. The highest BCUT2D eigenvalue weighted by atomic mass is 32.2. The number of anilines is 2. The van der Waals surface area contributed by atoms with Crippen LogP contribution in [0, 0.1) is 13.8 Å². The van der Waals surface area contributed by atoms with Gasteiger partial charge in [0, 0.05) is 24.8 Å². The zero-order chi connectivity index (χ0) is 21.0. The second-order valence-corrected chi connectivity index (χ2v) is 9.09. The van der Waals surface area contributed by atoms with E-state index in [4.69, 9.17) is 4.74 Å². The number of H-pyrrole nitrogens is 1. The lowest BCUT2D eigenvalue weighted by molar-refractivity contribution is -0.366. The Morgan fingerprint density at radius 1 is 1.21 bits per heavy atom. The van der Waals surface area contributed by atoms with E-state index in [-0.39, 0.29) is 17.3 Å². The Balaban J connectivity index is 1.64. The number of hydrogen-bond donors (Lipinski definition) is 1. The van der Waals surface area contributed by atoms with Crippen LogP contribution in [-0.2, 0) is 19.6 Å². The van der Waals surface area contributed by atoms with Crippen LogP contribution in [0.25, 0.3) is 0 Å². The number of nitrogens with zero attached hydrogens (tertiary/aromatic N) is 2. The zero-order valence-corrected chi connectivity index (χ0v) is 17.8. The lowest BCUT2D eigenvalue weighted by atomic mass is 10.1. The number of likely N-dealkylation sites (N-methyl/N-ethyl adjacent to an activating group) is 1. The number of hydrogen-bond acceptors (Lipinski definition) is 5. The van der Waals surface area contributed by atoms with Gasteiger partial charge in [-0.3, -0.25) is 9.69 Å². The summed E-state index contributed by atoms with van der Waals surface area (Å²) in [6, 6.07) is 9.12. The number of carbonyl (C=O) groups excluding carboxylic acids is 1. The Morgan fingerprint density at radius 3 is 2.59 bits per heavy atom. The number of aromatic amines is 1. The molecule has 0 unspecified atom stereocenters. The number of rotatable bonds is 6. The van der Waals surface area contributed by atoms with Crippen LogP contribution in [0.1, 0.15) is 11.1 Å². The molecular weight excluding hydrogens is 392 g/mol. The summed E-state index contributed by atoms with van der Waals surface area (Å²) < 4.78 is 32.0. The van der Waals surface area contributed by atoms with E-state index in [0.29, 0.717) is 32.1 Å². The molecular formula is C20H27N4O4S+. The first-order chi connectivity index (χ1) is 13.8. The number of aromatic nitrogens is 1. The van der Waals surface area contributed by atoms with Crippen LogP contribution in [0.15, 0.2) is 41.4 Å². The molecule has 1 saturated heterocycles. The van der Waals surface area contributed by atoms with Crippen molar-refractivity contribution in [2.24, 2.45) is 0 Å². The molecule has 0 spiro atoms. The van der Waals surface area contributed by atoms with Crippen molar-refractivity contribution in [3.63, 3.8) is 0 Å². The molecule has 9 heteroatoms. The highest BCUT2D eigenvalue weighted by Gasteiger charge is 2.27. The third-order valence-electron chi connectivity index (χ3n) is 4.83. The molecule has 0 radical (unpaired) electrons. The van der Waals surface area contributed by atoms with Crippen molar-refractivity contribution in [3.05, 3.63) is 47.7 Å². The molecule has 156 valence electrons. The third kappa shape index (κ3) is 5.11. The number of sulfonamides is 1. The second kappa shape index (κ2) is 8.89. The second-order valence-electron chi connectivity index (χ2n) is 7.15. The van der Waals surface area contributed by atoms with E-state index in [0.717, 1.165) is 16.8 Å². The summed E-state index contributed by atoms with van der Waals surface area (Å²) in [5.41, 5.74) is 2.86. The highest BCUT2D eigenvalue weighted by Crippen LogP contribution is 2.18. The maximum atomic E-state index is 12.7. The van der Waals surface area contributed by atoms with E-state index < -0.39 is 10.0 Å². The van der Waals surface area contributed by atoms with Gasteiger partial charge < -0.3 is 10.1 Å². The van der Waals surface area contributed by atoms with Gasteiger partial charge in [0.15, 0.2) is 6.54 Å². The average Bonchev–Trinajstić information content (AvgIpc) is 2.71. The third-order valence-corrected chi connectivity index (χ3v) is 6.73. The van der Waals surface area contributed by atoms with Gasteiger partial charge in [-0.2, -0.15) is 4.31 Å². The minimum Gasteiger partial charge on any atom is -0.379 e. The van der Waals surface area contributed by atoms with Gasteiger partial charge >= 0.3 is 0 Å². The first kappa shape index (κ1) is 21.2. The van der Waals surface area contributed by atoms with E-state index in [2.05, 4.69) is 10.3 Å². The number of nitrogens with one attached hydrogen (secondary N) is 2. The number of ether oxygens (including phenoxy) is 1. The van der Waals surface area contributed by atoms with E-state index in [9.17, 15) is 13.2 Å². The predicted molar refractivity (Wildman–Crippen MR) is 110 cm³/mol. The minimum atomic E-state index is -3.55. The Morgan fingerprint density at radius 2 is 1.93 bits per heavy atom. The fourth-order valence-corrected chi connectivity index (χ4v) is 4.47. The average molecular weight is 420 g/mol. The molecule has 8 nitrogen and oxygen atoms in total. The molecule has 0 saturated carbocycles. The van der Waals surface area contributed by atoms with Crippen molar-refractivity contribution < 1.29 is 22.9 Å². The molecule has 0 bridgehead atoms. The van der Waals surface area contributed by atoms with Crippen LogP contribution in [-0.4, -0.2) is 58.5 Å². The lowest BCUT2D eigenvalue weighted by Gasteiger charge is -2.25. The van der Waals surface area contributed by atoms with Gasteiger partial charge in [0.05, 0.1) is 20.3 Å². The molecule has 2 aromatic rings. The van der Waals surface area contributed by atoms with Crippen LogP contribution in [0.4, 0.5) is 11.5 Å². The first-order valence-corrected chi connectivity index (χ1v) is 10.9. The van der Waals surface area contributed by atoms with E-state index in [1.54, 1.807) is 24.1 Å². The Hall–Kier alpha value is -2.49. The molecule has 0 aliphatic carbocycles. The molecule has 1 aromatic heterocycles. The van der Waals surface area contributed by atoms with Crippen LogP contribution < -0.4 is 15.2 Å². The van der Waals surface area contributed by atoms with Crippen molar-refractivity contribution in [2.75, 3.05) is 50.1 Å². The van der Waals surface area contributed by atoms with Crippen LogP contribution in [0.3, 0.4) is 0 Å². The number of benzene rings is 1. The van der Waals surface area contributed by atoms with Gasteiger partial charge in [0.1, 0.15) is 11.1 Å². The predicted octanol–water partition coefficient (Wildman–Crippen LogP) is 1.21. The Kier molecular flexibility index (Phi) is 6.51. The normalized spacial score (nSPS) is 15.1. The van der Waals surface area contributed by atoms with Crippen molar-refractivity contribution in [1.82, 2.24) is 4.31 Å². The molecule has 2 N–H and O–H groups in total. The molecule has 1 fully saturated rings. The van der Waals surface area contributed by atoms with Crippen LogP contribution >= 0.6 is 0 Å². The Bertz CT molecular complexity index is 970. The summed E-state index contributed by atoms with van der Waals surface area (Å²) in [6.45, 7) is 5.55. The number of amides is 1. The maximum Gasteiger partial charge on any atom is 0.274 e. The fraction of sp³-hybridized carbons (Fsp3) is 0.400. The lowest BCUT2D eigenvalue weighted by Crippen LogP contribution is -2.41. The number of morpholine rings is 1. The SMILES string of the molecule is Cc1ccc(C)c(NC(=O)CN(C)c2ccc(S(=O)(=O)N3CCOCC3)c[nH+]2)c1. The van der Waals surface area contributed by atoms with Crippen LogP contribution in [0.5, 0.6) is 0 Å². The molecule has 1 aromatic carbocycles. The van der Waals surface area contributed by atoms with E-state index in [1.165, 1.54) is 10.5 Å². The molecule has 1 aliphatic heterocycles. The quantitative estimate of drug-likeness (QED) is 0.760. The van der Waals surface area contributed by atoms with Crippen molar-refractivity contribution in [1.29, 1.82) is 0 Å². The Labute approximate surface area is 171 Å². The maximum absolute atomic E-state index is 12.7. The molecule has 29 heavy (non-hydrogen) atoms. The summed E-state index contributed by atoms with van der Waals surface area (Å²) in [4.78, 5) is 17.3. The van der Waals surface area contributed by atoms with E-state index >= 15 is 0 Å². The van der Waals surface area contributed by atoms with Crippen molar-refractivity contribution >= 4 is 27.4 Å². The molecule has 2 heterocycles. The highest BCUT2D eigenvalue weighted by molar-refractivity contribution is 7.89. The summed E-state index contributed by atoms with van der Waals surface area (Å²) in [6.07, 6.45) is 1.46. The summed E-state index contributed by atoms with van der Waals surface area (Å²) in [7, 11) is -1.78. The fourth-order valence-electron chi connectivity index (χ4n) is 3.10. The first-order valence-electron chi connectivity index (χ1n) is 9.45. The van der Waals surface area contributed by atoms with Crippen LogP contribution in [0.2, 0.25) is 0 Å². The number of pyridine rings is 1. The molecule has 1 amide bonds. The van der Waals surface area contributed by atoms with Crippen molar-refractivity contribution in [3.8, 4) is 0 Å². The van der Waals surface area contributed by atoms with Gasteiger partial charge in [-0.05, 0) is 37.1 Å².